The minimum absolute atomic E-state index is 0.298. The Kier molecular flexibility index (Phi) is 3.43. The van der Waals surface area contributed by atoms with Gasteiger partial charge in [0.15, 0.2) is 0 Å². The van der Waals surface area contributed by atoms with E-state index in [2.05, 4.69) is 0 Å². The molecule has 0 amide bonds. The number of nitro groups is 1. The summed E-state index contributed by atoms with van der Waals surface area (Å²) in [5, 5.41) is 10.7. The van der Waals surface area contributed by atoms with Crippen molar-refractivity contribution in [1.82, 2.24) is 0 Å². The second-order valence-corrected chi connectivity index (χ2v) is 4.23. The third kappa shape index (κ3) is 2.65. The Labute approximate surface area is 101 Å². The van der Waals surface area contributed by atoms with Gasteiger partial charge in [0.05, 0.1) is 21.8 Å². The molecule has 6 heteroatoms. The molecule has 1 aromatic carbocycles. The van der Waals surface area contributed by atoms with Crippen molar-refractivity contribution >= 4 is 17.4 Å². The lowest BCUT2D eigenvalue weighted by atomic mass is 10.3. The van der Waals surface area contributed by atoms with Crippen LogP contribution in [0.15, 0.2) is 45.9 Å². The van der Waals surface area contributed by atoms with Gasteiger partial charge in [-0.05, 0) is 24.3 Å². The lowest BCUT2D eigenvalue weighted by molar-refractivity contribution is -0.390. The summed E-state index contributed by atoms with van der Waals surface area (Å²) in [6.45, 7) is 0. The lowest BCUT2D eigenvalue weighted by Crippen LogP contribution is -1.94. The van der Waals surface area contributed by atoms with Crippen LogP contribution in [0.2, 0.25) is 0 Å². The van der Waals surface area contributed by atoms with E-state index in [1.54, 1.807) is 12.1 Å². The van der Waals surface area contributed by atoms with Crippen LogP contribution in [0.1, 0.15) is 5.76 Å². The molecule has 1 aromatic heterocycles. The van der Waals surface area contributed by atoms with E-state index in [4.69, 9.17) is 4.42 Å². The van der Waals surface area contributed by atoms with Gasteiger partial charge in [-0.1, -0.05) is 6.07 Å². The van der Waals surface area contributed by atoms with Crippen LogP contribution >= 0.6 is 11.8 Å². The standard InChI is InChI=1S/C11H8FNO3S/c12-9-4-1-5-10(11(9)13(14)15)17-7-8-3-2-6-16-8/h1-6H,7H2. The monoisotopic (exact) mass is 253 g/mol. The number of benzene rings is 1. The molecule has 0 N–H and O–H groups in total. The first-order chi connectivity index (χ1) is 8.18. The molecular weight excluding hydrogens is 245 g/mol. The second kappa shape index (κ2) is 5.01. The molecule has 88 valence electrons. The average Bonchev–Trinajstić information content (AvgIpc) is 2.78. The molecule has 1 heterocycles. The van der Waals surface area contributed by atoms with Gasteiger partial charge in [0, 0.05) is 0 Å². The third-order valence-electron chi connectivity index (χ3n) is 2.08. The first-order valence-corrected chi connectivity index (χ1v) is 5.75. The van der Waals surface area contributed by atoms with E-state index < -0.39 is 16.4 Å². The SMILES string of the molecule is O=[N+]([O-])c1c(F)cccc1SCc1ccco1. The first kappa shape index (κ1) is 11.7. The van der Waals surface area contributed by atoms with E-state index >= 15 is 0 Å². The van der Waals surface area contributed by atoms with E-state index in [9.17, 15) is 14.5 Å². The highest BCUT2D eigenvalue weighted by Crippen LogP contribution is 2.33. The molecule has 0 aliphatic carbocycles. The molecule has 2 rings (SSSR count). The van der Waals surface area contributed by atoms with Gasteiger partial charge in [-0.3, -0.25) is 10.1 Å². The van der Waals surface area contributed by atoms with E-state index in [-0.39, 0.29) is 0 Å². The molecule has 0 saturated heterocycles. The van der Waals surface area contributed by atoms with Crippen molar-refractivity contribution in [2.75, 3.05) is 0 Å². The lowest BCUT2D eigenvalue weighted by Gasteiger charge is -2.01. The smallest absolute Gasteiger partial charge is 0.318 e. The number of rotatable bonds is 4. The third-order valence-corrected chi connectivity index (χ3v) is 3.15. The maximum atomic E-state index is 13.3. The van der Waals surface area contributed by atoms with Crippen molar-refractivity contribution in [2.45, 2.75) is 10.6 Å². The van der Waals surface area contributed by atoms with E-state index in [1.807, 2.05) is 0 Å². The molecule has 0 unspecified atom stereocenters. The molecule has 0 aliphatic heterocycles. The number of halogens is 1. The Bertz CT molecular complexity index is 528. The van der Waals surface area contributed by atoms with Gasteiger partial charge in [0.1, 0.15) is 5.76 Å². The molecule has 0 aliphatic rings. The number of hydrogen-bond acceptors (Lipinski definition) is 4. The van der Waals surface area contributed by atoms with Crippen LogP contribution in [0.4, 0.5) is 10.1 Å². The zero-order valence-electron chi connectivity index (χ0n) is 8.63. The van der Waals surface area contributed by atoms with Gasteiger partial charge < -0.3 is 4.42 Å². The van der Waals surface area contributed by atoms with E-state index in [0.29, 0.717) is 16.4 Å². The van der Waals surface area contributed by atoms with Crippen LogP contribution in [0, 0.1) is 15.9 Å². The Morgan fingerprint density at radius 2 is 2.18 bits per heavy atom. The van der Waals surface area contributed by atoms with Crippen molar-refractivity contribution in [2.24, 2.45) is 0 Å². The van der Waals surface area contributed by atoms with Crippen LogP contribution in [0.3, 0.4) is 0 Å². The molecule has 17 heavy (non-hydrogen) atoms. The summed E-state index contributed by atoms with van der Waals surface area (Å²) in [5.41, 5.74) is -0.482. The molecule has 0 saturated carbocycles. The van der Waals surface area contributed by atoms with Gasteiger partial charge in [-0.25, -0.2) is 0 Å². The first-order valence-electron chi connectivity index (χ1n) is 4.76. The summed E-state index contributed by atoms with van der Waals surface area (Å²) in [6, 6.07) is 7.55. The average molecular weight is 253 g/mol. The van der Waals surface area contributed by atoms with Gasteiger partial charge >= 0.3 is 5.69 Å². The summed E-state index contributed by atoms with van der Waals surface area (Å²) in [5.74, 6) is 0.296. The number of hydrogen-bond donors (Lipinski definition) is 0. The summed E-state index contributed by atoms with van der Waals surface area (Å²) >= 11 is 1.17. The molecule has 2 aromatic rings. The Morgan fingerprint density at radius 1 is 1.35 bits per heavy atom. The largest absolute Gasteiger partial charge is 0.468 e. The second-order valence-electron chi connectivity index (χ2n) is 3.21. The molecule has 4 nitrogen and oxygen atoms in total. The Balaban J connectivity index is 2.21. The molecule has 0 fully saturated rings. The summed E-state index contributed by atoms with van der Waals surface area (Å²) in [7, 11) is 0. The van der Waals surface area contributed by atoms with E-state index in [0.717, 1.165) is 6.07 Å². The molecular formula is C11H8FNO3S. The van der Waals surface area contributed by atoms with Crippen molar-refractivity contribution in [3.05, 3.63) is 58.3 Å². The number of nitro benzene ring substituents is 1. The Hall–Kier alpha value is -1.82. The zero-order valence-corrected chi connectivity index (χ0v) is 9.45. The fraction of sp³-hybridized carbons (Fsp3) is 0.0909. The summed E-state index contributed by atoms with van der Waals surface area (Å²) in [6.07, 6.45) is 1.52. The Morgan fingerprint density at radius 3 is 2.82 bits per heavy atom. The van der Waals surface area contributed by atoms with Crippen LogP contribution < -0.4 is 0 Å². The maximum Gasteiger partial charge on any atom is 0.318 e. The highest BCUT2D eigenvalue weighted by Gasteiger charge is 2.20. The molecule has 0 atom stereocenters. The van der Waals surface area contributed by atoms with Crippen LogP contribution in [0.25, 0.3) is 0 Å². The number of nitrogens with zero attached hydrogens (tertiary/aromatic N) is 1. The van der Waals surface area contributed by atoms with Gasteiger partial charge in [-0.2, -0.15) is 4.39 Å². The van der Waals surface area contributed by atoms with Crippen molar-refractivity contribution in [3.8, 4) is 0 Å². The van der Waals surface area contributed by atoms with Crippen molar-refractivity contribution in [1.29, 1.82) is 0 Å². The fourth-order valence-electron chi connectivity index (χ4n) is 1.33. The quantitative estimate of drug-likeness (QED) is 0.474. The minimum Gasteiger partial charge on any atom is -0.468 e. The van der Waals surface area contributed by atoms with Crippen LogP contribution in [-0.2, 0) is 5.75 Å². The van der Waals surface area contributed by atoms with Crippen LogP contribution in [0.5, 0.6) is 0 Å². The predicted octanol–water partition coefficient (Wildman–Crippen LogP) is 3.62. The van der Waals surface area contributed by atoms with Crippen molar-refractivity contribution in [3.63, 3.8) is 0 Å². The minimum atomic E-state index is -0.820. The predicted molar refractivity (Wildman–Crippen MR) is 61.3 cm³/mol. The number of para-hydroxylation sites is 1. The maximum absolute atomic E-state index is 13.3. The highest BCUT2D eigenvalue weighted by molar-refractivity contribution is 7.98. The van der Waals surface area contributed by atoms with Gasteiger partial charge in [-0.15, -0.1) is 11.8 Å². The number of thioether (sulfide) groups is 1. The molecule has 0 radical (unpaired) electrons. The normalized spacial score (nSPS) is 10.4. The topological polar surface area (TPSA) is 56.3 Å². The highest BCUT2D eigenvalue weighted by atomic mass is 32.2. The van der Waals surface area contributed by atoms with Crippen molar-refractivity contribution < 1.29 is 13.7 Å². The van der Waals surface area contributed by atoms with Gasteiger partial charge in [0.2, 0.25) is 5.82 Å². The molecule has 0 bridgehead atoms. The fourth-order valence-corrected chi connectivity index (χ4v) is 2.28. The van der Waals surface area contributed by atoms with Crippen LogP contribution in [-0.4, -0.2) is 4.92 Å². The van der Waals surface area contributed by atoms with Gasteiger partial charge in [0.25, 0.3) is 0 Å². The summed E-state index contributed by atoms with van der Waals surface area (Å²) in [4.78, 5) is 10.3. The van der Waals surface area contributed by atoms with E-state index in [1.165, 1.54) is 30.2 Å². The molecule has 0 spiro atoms. The number of furan rings is 1. The zero-order chi connectivity index (χ0) is 12.3. The summed E-state index contributed by atoms with van der Waals surface area (Å²) < 4.78 is 18.4.